The lowest BCUT2D eigenvalue weighted by Crippen LogP contribution is -2.16. The lowest BCUT2D eigenvalue weighted by Gasteiger charge is -2.24. The molecular weight excluding hydrogens is 212 g/mol. The molecule has 2 nitrogen and oxygen atoms in total. The smallest absolute Gasteiger partial charge is 0.122 e. The summed E-state index contributed by atoms with van der Waals surface area (Å²) < 4.78 is 5.29. The summed E-state index contributed by atoms with van der Waals surface area (Å²) in [5, 5.41) is 10.4. The monoisotopic (exact) mass is 236 g/mol. The van der Waals surface area contributed by atoms with E-state index in [-0.39, 0.29) is 5.92 Å². The van der Waals surface area contributed by atoms with Gasteiger partial charge < -0.3 is 9.84 Å². The van der Waals surface area contributed by atoms with Gasteiger partial charge in [-0.1, -0.05) is 20.8 Å². The van der Waals surface area contributed by atoms with Crippen molar-refractivity contribution in [3.05, 3.63) is 28.8 Å². The lowest BCUT2D eigenvalue weighted by atomic mass is 9.86. The van der Waals surface area contributed by atoms with Crippen molar-refractivity contribution in [2.24, 2.45) is 11.8 Å². The molecule has 1 rings (SSSR count). The zero-order valence-corrected chi connectivity index (χ0v) is 11.7. The highest BCUT2D eigenvalue weighted by molar-refractivity contribution is 5.42. The van der Waals surface area contributed by atoms with Crippen LogP contribution in [0.1, 0.15) is 43.6 Å². The number of hydrogen-bond donors (Lipinski definition) is 1. The molecule has 2 unspecified atom stereocenters. The fourth-order valence-electron chi connectivity index (χ4n) is 2.00. The SMILES string of the molecule is COc1cc(C)c(C(O)C(C)C(C)C)cc1C. The Morgan fingerprint density at radius 3 is 2.12 bits per heavy atom. The molecular formula is C15H24O2. The second kappa shape index (κ2) is 5.54. The maximum absolute atomic E-state index is 10.4. The van der Waals surface area contributed by atoms with Crippen LogP contribution in [0.4, 0.5) is 0 Å². The molecule has 0 radical (unpaired) electrons. The van der Waals surface area contributed by atoms with E-state index >= 15 is 0 Å². The topological polar surface area (TPSA) is 29.5 Å². The minimum atomic E-state index is -0.403. The molecule has 0 aliphatic rings. The van der Waals surface area contributed by atoms with E-state index < -0.39 is 6.10 Å². The van der Waals surface area contributed by atoms with Gasteiger partial charge in [0.2, 0.25) is 0 Å². The minimum absolute atomic E-state index is 0.251. The summed E-state index contributed by atoms with van der Waals surface area (Å²) in [6.07, 6.45) is -0.403. The average molecular weight is 236 g/mol. The van der Waals surface area contributed by atoms with Crippen LogP contribution < -0.4 is 4.74 Å². The molecule has 1 aromatic rings. The number of aliphatic hydroxyl groups is 1. The Labute approximate surface area is 105 Å². The van der Waals surface area contributed by atoms with E-state index in [1.54, 1.807) is 7.11 Å². The first-order valence-electron chi connectivity index (χ1n) is 6.21. The van der Waals surface area contributed by atoms with E-state index in [4.69, 9.17) is 4.74 Å². The van der Waals surface area contributed by atoms with Gasteiger partial charge >= 0.3 is 0 Å². The van der Waals surface area contributed by atoms with Gasteiger partial charge in [-0.25, -0.2) is 0 Å². The van der Waals surface area contributed by atoms with Gasteiger partial charge in [0.25, 0.3) is 0 Å². The quantitative estimate of drug-likeness (QED) is 0.865. The number of benzene rings is 1. The van der Waals surface area contributed by atoms with Crippen LogP contribution in [0.3, 0.4) is 0 Å². The highest BCUT2D eigenvalue weighted by atomic mass is 16.5. The maximum atomic E-state index is 10.4. The molecule has 0 aromatic heterocycles. The number of ether oxygens (including phenoxy) is 1. The first kappa shape index (κ1) is 14.0. The van der Waals surface area contributed by atoms with Crippen LogP contribution in [0.15, 0.2) is 12.1 Å². The lowest BCUT2D eigenvalue weighted by molar-refractivity contribution is 0.0914. The van der Waals surface area contributed by atoms with Crippen molar-refractivity contribution in [1.82, 2.24) is 0 Å². The summed E-state index contributed by atoms with van der Waals surface area (Å²) in [6.45, 7) is 10.4. The molecule has 96 valence electrons. The van der Waals surface area contributed by atoms with Gasteiger partial charge in [-0.2, -0.15) is 0 Å². The molecule has 0 fully saturated rings. The summed E-state index contributed by atoms with van der Waals surface area (Å²) in [5.74, 6) is 1.60. The molecule has 0 saturated carbocycles. The van der Waals surface area contributed by atoms with Crippen molar-refractivity contribution < 1.29 is 9.84 Å². The third-order valence-electron chi connectivity index (χ3n) is 3.65. The third-order valence-corrected chi connectivity index (χ3v) is 3.65. The molecule has 0 bridgehead atoms. The second-order valence-electron chi connectivity index (χ2n) is 5.23. The fraction of sp³-hybridized carbons (Fsp3) is 0.600. The van der Waals surface area contributed by atoms with Crippen LogP contribution in [0, 0.1) is 25.7 Å². The minimum Gasteiger partial charge on any atom is -0.496 e. The van der Waals surface area contributed by atoms with E-state index in [9.17, 15) is 5.11 Å². The van der Waals surface area contributed by atoms with Crippen LogP contribution in [0.2, 0.25) is 0 Å². The summed E-state index contributed by atoms with van der Waals surface area (Å²) in [7, 11) is 1.68. The number of rotatable bonds is 4. The first-order valence-corrected chi connectivity index (χ1v) is 6.21. The van der Waals surface area contributed by atoms with E-state index in [1.165, 1.54) is 0 Å². The van der Waals surface area contributed by atoms with Crippen LogP contribution in [0.25, 0.3) is 0 Å². The van der Waals surface area contributed by atoms with Gasteiger partial charge in [0, 0.05) is 0 Å². The van der Waals surface area contributed by atoms with E-state index in [2.05, 4.69) is 20.8 Å². The van der Waals surface area contributed by atoms with Crippen LogP contribution in [-0.2, 0) is 0 Å². The summed E-state index contributed by atoms with van der Waals surface area (Å²) in [6, 6.07) is 4.04. The van der Waals surface area contributed by atoms with Gasteiger partial charge in [0.15, 0.2) is 0 Å². The van der Waals surface area contributed by atoms with Crippen LogP contribution in [-0.4, -0.2) is 12.2 Å². The van der Waals surface area contributed by atoms with Crippen molar-refractivity contribution in [3.63, 3.8) is 0 Å². The van der Waals surface area contributed by atoms with Gasteiger partial charge in [-0.3, -0.25) is 0 Å². The molecule has 0 aliphatic carbocycles. The second-order valence-corrected chi connectivity index (χ2v) is 5.23. The molecule has 0 heterocycles. The normalized spacial score (nSPS) is 14.8. The van der Waals surface area contributed by atoms with E-state index in [0.717, 1.165) is 22.4 Å². The Bertz CT molecular complexity index is 383. The maximum Gasteiger partial charge on any atom is 0.122 e. The van der Waals surface area contributed by atoms with Crippen molar-refractivity contribution in [3.8, 4) is 5.75 Å². The molecule has 0 spiro atoms. The Morgan fingerprint density at radius 1 is 1.06 bits per heavy atom. The Balaban J connectivity index is 3.10. The third kappa shape index (κ3) is 3.01. The zero-order chi connectivity index (χ0) is 13.2. The Morgan fingerprint density at radius 2 is 1.65 bits per heavy atom. The van der Waals surface area contributed by atoms with Crippen LogP contribution in [0.5, 0.6) is 5.75 Å². The number of aliphatic hydroxyl groups excluding tert-OH is 1. The largest absolute Gasteiger partial charge is 0.496 e. The molecule has 2 atom stereocenters. The Hall–Kier alpha value is -1.02. The number of hydrogen-bond acceptors (Lipinski definition) is 2. The van der Waals surface area contributed by atoms with Crippen LogP contribution >= 0.6 is 0 Å². The highest BCUT2D eigenvalue weighted by Gasteiger charge is 2.21. The van der Waals surface area contributed by atoms with Crippen molar-refractivity contribution >= 4 is 0 Å². The summed E-state index contributed by atoms with van der Waals surface area (Å²) >= 11 is 0. The number of aryl methyl sites for hydroxylation is 2. The molecule has 1 aromatic carbocycles. The highest BCUT2D eigenvalue weighted by Crippen LogP contribution is 2.32. The summed E-state index contributed by atoms with van der Waals surface area (Å²) in [4.78, 5) is 0. The first-order chi connectivity index (χ1) is 7.88. The molecule has 17 heavy (non-hydrogen) atoms. The average Bonchev–Trinajstić information content (AvgIpc) is 2.29. The molecule has 0 aliphatic heterocycles. The molecule has 1 N–H and O–H groups in total. The predicted molar refractivity (Wildman–Crippen MR) is 71.4 cm³/mol. The van der Waals surface area contributed by atoms with Gasteiger partial charge in [0.05, 0.1) is 13.2 Å². The van der Waals surface area contributed by atoms with Crippen molar-refractivity contribution in [2.45, 2.75) is 40.7 Å². The fourth-order valence-corrected chi connectivity index (χ4v) is 2.00. The van der Waals surface area contributed by atoms with Crippen molar-refractivity contribution in [1.29, 1.82) is 0 Å². The number of methoxy groups -OCH3 is 1. The summed E-state index contributed by atoms with van der Waals surface area (Å²) in [5.41, 5.74) is 3.18. The van der Waals surface area contributed by atoms with E-state index in [1.807, 2.05) is 26.0 Å². The zero-order valence-electron chi connectivity index (χ0n) is 11.7. The molecule has 0 amide bonds. The van der Waals surface area contributed by atoms with Gasteiger partial charge in [-0.05, 0) is 54.5 Å². The van der Waals surface area contributed by atoms with E-state index in [0.29, 0.717) is 5.92 Å². The van der Waals surface area contributed by atoms with Gasteiger partial charge in [-0.15, -0.1) is 0 Å². The van der Waals surface area contributed by atoms with Gasteiger partial charge in [0.1, 0.15) is 5.75 Å². The molecule has 2 heteroatoms. The Kier molecular flexibility index (Phi) is 4.58. The standard InChI is InChI=1S/C15H24O2/c1-9(2)12(5)15(16)13-7-11(4)14(17-6)8-10(13)3/h7-9,12,15-16H,1-6H3. The molecule has 0 saturated heterocycles. The predicted octanol–water partition coefficient (Wildman–Crippen LogP) is 3.64. The van der Waals surface area contributed by atoms with Crippen molar-refractivity contribution in [2.75, 3.05) is 7.11 Å².